The van der Waals surface area contributed by atoms with Gasteiger partial charge in [-0.3, -0.25) is 4.90 Å². The van der Waals surface area contributed by atoms with Crippen LogP contribution in [0.2, 0.25) is 0 Å². The van der Waals surface area contributed by atoms with Crippen molar-refractivity contribution in [3.8, 4) is 17.2 Å². The Hall–Kier alpha value is -2.76. The van der Waals surface area contributed by atoms with Gasteiger partial charge in [-0.05, 0) is 35.0 Å². The van der Waals surface area contributed by atoms with E-state index in [0.29, 0.717) is 13.2 Å². The highest BCUT2D eigenvalue weighted by atomic mass is 16.5. The van der Waals surface area contributed by atoms with Gasteiger partial charge in [-0.2, -0.15) is 0 Å². The fourth-order valence-electron chi connectivity index (χ4n) is 4.00. The van der Waals surface area contributed by atoms with E-state index in [-0.39, 0.29) is 11.8 Å². The molecule has 0 saturated carbocycles. The molecule has 3 aromatic rings. The molecule has 1 N–H and O–H groups in total. The maximum Gasteiger partial charge on any atom is 0.123 e. The van der Waals surface area contributed by atoms with Crippen LogP contribution in [0.4, 0.5) is 0 Å². The number of aromatic hydroxyl groups is 1. The summed E-state index contributed by atoms with van der Waals surface area (Å²) < 4.78 is 16.6. The molecule has 1 aliphatic rings. The maximum absolute atomic E-state index is 10.9. The van der Waals surface area contributed by atoms with E-state index < -0.39 is 0 Å². The van der Waals surface area contributed by atoms with Gasteiger partial charge in [0.05, 0.1) is 33.5 Å². The lowest BCUT2D eigenvalue weighted by molar-refractivity contribution is 0.0234. The Kier molecular flexibility index (Phi) is 5.37. The predicted molar refractivity (Wildman–Crippen MR) is 109 cm³/mol. The summed E-state index contributed by atoms with van der Waals surface area (Å²) in [5.41, 5.74) is 1.91. The number of methoxy groups -OCH3 is 2. The molecule has 3 aromatic carbocycles. The van der Waals surface area contributed by atoms with Gasteiger partial charge in [-0.1, -0.05) is 30.3 Å². The molecule has 1 aliphatic heterocycles. The summed E-state index contributed by atoms with van der Waals surface area (Å²) in [7, 11) is 3.34. The Balaban J connectivity index is 1.95. The van der Waals surface area contributed by atoms with Crippen molar-refractivity contribution in [2.45, 2.75) is 6.04 Å². The summed E-state index contributed by atoms with van der Waals surface area (Å²) in [5.74, 6) is 1.88. The first kappa shape index (κ1) is 18.6. The average Bonchev–Trinajstić information content (AvgIpc) is 2.76. The zero-order chi connectivity index (χ0) is 19.5. The van der Waals surface area contributed by atoms with Gasteiger partial charge in [0.25, 0.3) is 0 Å². The quantitative estimate of drug-likeness (QED) is 0.727. The number of benzene rings is 3. The molecule has 1 fully saturated rings. The molecule has 0 spiro atoms. The topological polar surface area (TPSA) is 51.2 Å². The minimum atomic E-state index is -0.142. The highest BCUT2D eigenvalue weighted by molar-refractivity contribution is 5.90. The number of fused-ring (bicyclic) bond motifs is 1. The number of hydrogen-bond acceptors (Lipinski definition) is 5. The van der Waals surface area contributed by atoms with E-state index >= 15 is 0 Å². The van der Waals surface area contributed by atoms with Crippen molar-refractivity contribution < 1.29 is 19.3 Å². The molecule has 0 radical (unpaired) electrons. The number of nitrogens with zero attached hydrogens (tertiary/aromatic N) is 1. The molecule has 4 rings (SSSR count). The highest BCUT2D eigenvalue weighted by Crippen LogP contribution is 2.43. The van der Waals surface area contributed by atoms with E-state index in [1.807, 2.05) is 42.5 Å². The highest BCUT2D eigenvalue weighted by Gasteiger charge is 2.30. The Bertz CT molecular complexity index is 966. The zero-order valence-corrected chi connectivity index (χ0v) is 16.2. The zero-order valence-electron chi connectivity index (χ0n) is 16.2. The van der Waals surface area contributed by atoms with Gasteiger partial charge in [-0.25, -0.2) is 0 Å². The molecule has 5 heteroatoms. The van der Waals surface area contributed by atoms with E-state index in [9.17, 15) is 5.11 Å². The third-order valence-electron chi connectivity index (χ3n) is 5.36. The van der Waals surface area contributed by atoms with Crippen LogP contribution in [0.3, 0.4) is 0 Å². The van der Waals surface area contributed by atoms with Gasteiger partial charge in [0.15, 0.2) is 0 Å². The molecule has 1 saturated heterocycles. The van der Waals surface area contributed by atoms with Crippen LogP contribution in [0, 0.1) is 0 Å². The second-order valence-electron chi connectivity index (χ2n) is 6.88. The van der Waals surface area contributed by atoms with Crippen molar-refractivity contribution in [3.63, 3.8) is 0 Å². The van der Waals surface area contributed by atoms with E-state index in [4.69, 9.17) is 14.2 Å². The Morgan fingerprint density at radius 2 is 1.75 bits per heavy atom. The largest absolute Gasteiger partial charge is 0.508 e. The smallest absolute Gasteiger partial charge is 0.123 e. The van der Waals surface area contributed by atoms with Gasteiger partial charge < -0.3 is 19.3 Å². The predicted octanol–water partition coefficient (Wildman–Crippen LogP) is 3.98. The van der Waals surface area contributed by atoms with Gasteiger partial charge in [0, 0.05) is 24.2 Å². The SMILES string of the molecule is COc1ccc2c(C(c3ccccc3OC)N3CCOCC3)c(O)ccc2c1. The number of phenols is 1. The van der Waals surface area contributed by atoms with Crippen LogP contribution < -0.4 is 9.47 Å². The van der Waals surface area contributed by atoms with E-state index in [0.717, 1.165) is 46.5 Å². The molecule has 1 atom stereocenters. The first-order valence-electron chi connectivity index (χ1n) is 9.47. The molecule has 1 unspecified atom stereocenters. The Morgan fingerprint density at radius 1 is 0.964 bits per heavy atom. The van der Waals surface area contributed by atoms with Crippen LogP contribution in [-0.4, -0.2) is 50.5 Å². The lowest BCUT2D eigenvalue weighted by Gasteiger charge is -2.36. The fourth-order valence-corrected chi connectivity index (χ4v) is 4.00. The first-order chi connectivity index (χ1) is 13.7. The van der Waals surface area contributed by atoms with Crippen molar-refractivity contribution in [2.75, 3.05) is 40.5 Å². The Labute approximate surface area is 165 Å². The summed E-state index contributed by atoms with van der Waals surface area (Å²) >= 11 is 0. The number of para-hydroxylation sites is 1. The third-order valence-corrected chi connectivity index (χ3v) is 5.36. The van der Waals surface area contributed by atoms with Crippen LogP contribution in [0.1, 0.15) is 17.2 Å². The molecule has 146 valence electrons. The molecule has 28 heavy (non-hydrogen) atoms. The number of morpholine rings is 1. The number of hydrogen-bond donors (Lipinski definition) is 1. The van der Waals surface area contributed by atoms with Crippen molar-refractivity contribution in [3.05, 3.63) is 65.7 Å². The fraction of sp³-hybridized carbons (Fsp3) is 0.304. The van der Waals surface area contributed by atoms with Crippen LogP contribution in [0.15, 0.2) is 54.6 Å². The molecule has 1 heterocycles. The van der Waals surface area contributed by atoms with Crippen molar-refractivity contribution >= 4 is 10.8 Å². The van der Waals surface area contributed by atoms with Crippen LogP contribution in [0.5, 0.6) is 17.2 Å². The molecule has 0 aromatic heterocycles. The van der Waals surface area contributed by atoms with Gasteiger partial charge in [0.1, 0.15) is 17.2 Å². The number of phenolic OH excluding ortho intramolecular Hbond substituents is 1. The van der Waals surface area contributed by atoms with Crippen LogP contribution in [-0.2, 0) is 4.74 Å². The maximum atomic E-state index is 10.9. The molecule has 0 bridgehead atoms. The van der Waals surface area contributed by atoms with Gasteiger partial charge in [-0.15, -0.1) is 0 Å². The monoisotopic (exact) mass is 379 g/mol. The van der Waals surface area contributed by atoms with Crippen LogP contribution in [0.25, 0.3) is 10.8 Å². The second kappa shape index (κ2) is 8.09. The van der Waals surface area contributed by atoms with Crippen molar-refractivity contribution in [2.24, 2.45) is 0 Å². The minimum Gasteiger partial charge on any atom is -0.508 e. The average molecular weight is 379 g/mol. The van der Waals surface area contributed by atoms with Crippen LogP contribution >= 0.6 is 0 Å². The van der Waals surface area contributed by atoms with E-state index in [2.05, 4.69) is 11.0 Å². The summed E-state index contributed by atoms with van der Waals surface area (Å²) in [4.78, 5) is 2.35. The molecular weight excluding hydrogens is 354 g/mol. The van der Waals surface area contributed by atoms with Crippen molar-refractivity contribution in [1.29, 1.82) is 0 Å². The molecule has 0 aliphatic carbocycles. The summed E-state index contributed by atoms with van der Waals surface area (Å²) in [6.07, 6.45) is 0. The standard InChI is InChI=1S/C23H25NO4/c1-26-17-8-9-18-16(15-17)7-10-20(25)22(18)23(24-11-13-28-14-12-24)19-5-3-4-6-21(19)27-2/h3-10,15,23,25H,11-14H2,1-2H3. The number of rotatable bonds is 5. The minimum absolute atomic E-state index is 0.142. The second-order valence-corrected chi connectivity index (χ2v) is 6.88. The first-order valence-corrected chi connectivity index (χ1v) is 9.47. The summed E-state index contributed by atoms with van der Waals surface area (Å²) in [5, 5.41) is 13.0. The van der Waals surface area contributed by atoms with E-state index in [1.165, 1.54) is 0 Å². The Morgan fingerprint density at radius 3 is 2.50 bits per heavy atom. The number of ether oxygens (including phenoxy) is 3. The van der Waals surface area contributed by atoms with Gasteiger partial charge in [0.2, 0.25) is 0 Å². The third kappa shape index (κ3) is 3.39. The molecular formula is C23H25NO4. The lowest BCUT2D eigenvalue weighted by atomic mass is 9.90. The lowest BCUT2D eigenvalue weighted by Crippen LogP contribution is -2.39. The molecule has 0 amide bonds. The molecule has 5 nitrogen and oxygen atoms in total. The van der Waals surface area contributed by atoms with Crippen molar-refractivity contribution in [1.82, 2.24) is 4.90 Å². The summed E-state index contributed by atoms with van der Waals surface area (Å²) in [6.45, 7) is 2.92. The van der Waals surface area contributed by atoms with Gasteiger partial charge >= 0.3 is 0 Å². The summed E-state index contributed by atoms with van der Waals surface area (Å²) in [6, 6.07) is 17.5. The normalized spacial score (nSPS) is 16.1. The van der Waals surface area contributed by atoms with E-state index in [1.54, 1.807) is 20.3 Å².